The van der Waals surface area contributed by atoms with Crippen LogP contribution in [0.5, 0.6) is 0 Å². The second kappa shape index (κ2) is 4.68. The van der Waals surface area contributed by atoms with Gasteiger partial charge in [0.25, 0.3) is 5.56 Å². The van der Waals surface area contributed by atoms with E-state index < -0.39 is 0 Å². The normalized spacial score (nSPS) is 18.3. The average Bonchev–Trinajstić information content (AvgIpc) is 2.68. The number of likely N-dealkylation sites (tertiary alicyclic amines) is 1. The number of aromatic nitrogens is 3. The lowest BCUT2D eigenvalue weighted by Crippen LogP contribution is -2.37. The molecule has 1 aliphatic rings. The van der Waals surface area contributed by atoms with Crippen molar-refractivity contribution >= 4 is 21.6 Å². The maximum absolute atomic E-state index is 12.6. The molecule has 1 fully saturated rings. The van der Waals surface area contributed by atoms with Crippen LogP contribution in [0.2, 0.25) is 0 Å². The second-order valence-electron chi connectivity index (χ2n) is 5.34. The summed E-state index contributed by atoms with van der Waals surface area (Å²) >= 11 is 1.55. The van der Waals surface area contributed by atoms with Crippen molar-refractivity contribution in [1.82, 2.24) is 19.9 Å². The molecule has 2 aromatic rings. The van der Waals surface area contributed by atoms with Crippen molar-refractivity contribution < 1.29 is 0 Å². The number of aryl methyl sites for hydroxylation is 2. The van der Waals surface area contributed by atoms with Gasteiger partial charge in [-0.05, 0) is 52.4 Å². The van der Waals surface area contributed by atoms with Gasteiger partial charge in [-0.2, -0.15) is 0 Å². The molecule has 0 saturated carbocycles. The molecular weight excluding hydrogens is 260 g/mol. The smallest absolute Gasteiger partial charge is 0.279 e. The third kappa shape index (κ3) is 2.08. The van der Waals surface area contributed by atoms with E-state index in [0.29, 0.717) is 0 Å². The molecule has 0 N–H and O–H groups in total. The maximum atomic E-state index is 12.6. The summed E-state index contributed by atoms with van der Waals surface area (Å²) < 4.78 is 1.61. The quantitative estimate of drug-likeness (QED) is 0.797. The fourth-order valence-electron chi connectivity index (χ4n) is 2.65. The molecule has 0 spiro atoms. The second-order valence-corrected chi connectivity index (χ2v) is 6.54. The first-order chi connectivity index (χ1) is 9.08. The Morgan fingerprint density at radius 3 is 2.63 bits per heavy atom. The molecule has 0 aliphatic carbocycles. The molecule has 19 heavy (non-hydrogen) atoms. The Morgan fingerprint density at radius 2 is 1.95 bits per heavy atom. The summed E-state index contributed by atoms with van der Waals surface area (Å²) in [6.07, 6.45) is 1.94. The molecule has 2 aromatic heterocycles. The van der Waals surface area contributed by atoms with Crippen LogP contribution in [-0.4, -0.2) is 40.0 Å². The number of nitrogens with zero attached hydrogens (tertiary/aromatic N) is 4. The van der Waals surface area contributed by atoms with Crippen LogP contribution in [0.15, 0.2) is 4.79 Å². The lowest BCUT2D eigenvalue weighted by molar-refractivity contribution is 0.206. The summed E-state index contributed by atoms with van der Waals surface area (Å²) in [5.74, 6) is 0. The van der Waals surface area contributed by atoms with E-state index in [2.05, 4.69) is 22.3 Å². The molecule has 1 aliphatic heterocycles. The van der Waals surface area contributed by atoms with E-state index in [1.165, 1.54) is 0 Å². The summed E-state index contributed by atoms with van der Waals surface area (Å²) in [7, 11) is 2.11. The Labute approximate surface area is 115 Å². The van der Waals surface area contributed by atoms with Gasteiger partial charge in [0.15, 0.2) is 4.83 Å². The van der Waals surface area contributed by atoms with Gasteiger partial charge in [-0.25, -0.2) is 4.68 Å². The molecule has 1 saturated heterocycles. The third-order valence-electron chi connectivity index (χ3n) is 4.05. The molecule has 6 heteroatoms. The number of rotatable bonds is 1. The summed E-state index contributed by atoms with van der Waals surface area (Å²) in [6, 6.07) is 0.195. The standard InChI is InChI=1S/C13H18N4OS/c1-8-9(2)19-12-11(8)13(18)17(15-14-12)10-4-6-16(3)7-5-10/h10H,4-7H2,1-3H3. The predicted octanol–water partition coefficient (Wildman–Crippen LogP) is 1.74. The van der Waals surface area contributed by atoms with Crippen LogP contribution >= 0.6 is 11.3 Å². The number of piperidine rings is 1. The van der Waals surface area contributed by atoms with Crippen LogP contribution in [0.25, 0.3) is 10.2 Å². The zero-order valence-electron chi connectivity index (χ0n) is 11.5. The molecule has 0 radical (unpaired) electrons. The molecule has 0 aromatic carbocycles. The first-order valence-corrected chi connectivity index (χ1v) is 7.43. The average molecular weight is 278 g/mol. The highest BCUT2D eigenvalue weighted by Crippen LogP contribution is 2.26. The highest BCUT2D eigenvalue weighted by Gasteiger charge is 2.22. The lowest BCUT2D eigenvalue weighted by atomic mass is 10.1. The van der Waals surface area contributed by atoms with Gasteiger partial charge in [0.05, 0.1) is 11.4 Å². The van der Waals surface area contributed by atoms with Gasteiger partial charge in [0.2, 0.25) is 0 Å². The van der Waals surface area contributed by atoms with Crippen molar-refractivity contribution in [1.29, 1.82) is 0 Å². The number of hydrogen-bond acceptors (Lipinski definition) is 5. The third-order valence-corrected chi connectivity index (χ3v) is 5.15. The van der Waals surface area contributed by atoms with Crippen molar-refractivity contribution in [2.75, 3.05) is 20.1 Å². The van der Waals surface area contributed by atoms with E-state index in [1.54, 1.807) is 16.0 Å². The highest BCUT2D eigenvalue weighted by molar-refractivity contribution is 7.18. The Bertz CT molecular complexity index is 667. The Kier molecular flexibility index (Phi) is 3.14. The SMILES string of the molecule is Cc1sc2nnn(C3CCN(C)CC3)c(=O)c2c1C. The van der Waals surface area contributed by atoms with Gasteiger partial charge in [-0.1, -0.05) is 5.21 Å². The van der Waals surface area contributed by atoms with E-state index in [-0.39, 0.29) is 11.6 Å². The van der Waals surface area contributed by atoms with Gasteiger partial charge in [0.1, 0.15) is 0 Å². The maximum Gasteiger partial charge on any atom is 0.279 e. The minimum absolute atomic E-state index is 0.0291. The van der Waals surface area contributed by atoms with Gasteiger partial charge < -0.3 is 4.90 Å². The zero-order chi connectivity index (χ0) is 13.6. The fraction of sp³-hybridized carbons (Fsp3) is 0.615. The van der Waals surface area contributed by atoms with Crippen LogP contribution in [0.1, 0.15) is 29.3 Å². The molecule has 0 unspecified atom stereocenters. The Hall–Kier alpha value is -1.27. The molecule has 0 amide bonds. The van der Waals surface area contributed by atoms with Crippen molar-refractivity contribution in [2.45, 2.75) is 32.7 Å². The van der Waals surface area contributed by atoms with Crippen molar-refractivity contribution in [3.05, 3.63) is 20.8 Å². The molecule has 0 atom stereocenters. The highest BCUT2D eigenvalue weighted by atomic mass is 32.1. The van der Waals surface area contributed by atoms with E-state index in [4.69, 9.17) is 0 Å². The van der Waals surface area contributed by atoms with Crippen LogP contribution in [0, 0.1) is 13.8 Å². The summed E-state index contributed by atoms with van der Waals surface area (Å²) in [5.41, 5.74) is 1.09. The van der Waals surface area contributed by atoms with Gasteiger partial charge in [-0.15, -0.1) is 16.4 Å². The monoisotopic (exact) mass is 278 g/mol. The van der Waals surface area contributed by atoms with Crippen molar-refractivity contribution in [2.24, 2.45) is 0 Å². The number of thiophene rings is 1. The minimum Gasteiger partial charge on any atom is -0.306 e. The molecule has 3 rings (SSSR count). The van der Waals surface area contributed by atoms with E-state index >= 15 is 0 Å². The molecule has 3 heterocycles. The summed E-state index contributed by atoms with van der Waals surface area (Å²) in [6.45, 7) is 6.05. The van der Waals surface area contributed by atoms with Crippen molar-refractivity contribution in [3.8, 4) is 0 Å². The number of fused-ring (bicyclic) bond motifs is 1. The van der Waals surface area contributed by atoms with E-state index in [0.717, 1.165) is 46.6 Å². The molecule has 5 nitrogen and oxygen atoms in total. The van der Waals surface area contributed by atoms with Gasteiger partial charge in [-0.3, -0.25) is 4.79 Å². The molecule has 0 bridgehead atoms. The largest absolute Gasteiger partial charge is 0.306 e. The van der Waals surface area contributed by atoms with Crippen LogP contribution in [0.4, 0.5) is 0 Å². The molecular formula is C13H18N4OS. The van der Waals surface area contributed by atoms with Gasteiger partial charge >= 0.3 is 0 Å². The fourth-order valence-corrected chi connectivity index (χ4v) is 3.62. The number of hydrogen-bond donors (Lipinski definition) is 0. The van der Waals surface area contributed by atoms with E-state index in [9.17, 15) is 4.79 Å². The lowest BCUT2D eigenvalue weighted by Gasteiger charge is -2.28. The van der Waals surface area contributed by atoms with Crippen LogP contribution in [-0.2, 0) is 0 Å². The summed E-state index contributed by atoms with van der Waals surface area (Å²) in [4.78, 5) is 16.8. The Balaban J connectivity index is 2.08. The topological polar surface area (TPSA) is 51.0 Å². The minimum atomic E-state index is 0.0291. The van der Waals surface area contributed by atoms with Gasteiger partial charge in [0, 0.05) is 4.88 Å². The summed E-state index contributed by atoms with van der Waals surface area (Å²) in [5, 5.41) is 9.15. The zero-order valence-corrected chi connectivity index (χ0v) is 12.3. The molecule has 102 valence electrons. The Morgan fingerprint density at radius 1 is 1.26 bits per heavy atom. The van der Waals surface area contributed by atoms with E-state index in [1.807, 2.05) is 13.8 Å². The first-order valence-electron chi connectivity index (χ1n) is 6.61. The van der Waals surface area contributed by atoms with Crippen LogP contribution in [0.3, 0.4) is 0 Å². The van der Waals surface area contributed by atoms with Crippen molar-refractivity contribution in [3.63, 3.8) is 0 Å². The van der Waals surface area contributed by atoms with Crippen LogP contribution < -0.4 is 5.56 Å². The predicted molar refractivity (Wildman–Crippen MR) is 76.9 cm³/mol. The first kappa shape index (κ1) is 12.7.